The maximum absolute atomic E-state index is 5.66. The first-order valence-electron chi connectivity index (χ1n) is 5.63. The monoisotopic (exact) mass is 186 g/mol. The smallest absolute Gasteiger partial charge is 0.0704 e. The zero-order chi connectivity index (χ0) is 9.36. The van der Waals surface area contributed by atoms with Gasteiger partial charge in [0.1, 0.15) is 0 Å². The van der Waals surface area contributed by atoms with Crippen LogP contribution in [0.3, 0.4) is 0 Å². The van der Waals surface area contributed by atoms with E-state index in [9.17, 15) is 0 Å². The zero-order valence-electron chi connectivity index (χ0n) is 8.76. The van der Waals surface area contributed by atoms with Gasteiger partial charge < -0.3 is 9.47 Å². The van der Waals surface area contributed by atoms with Gasteiger partial charge in [0.25, 0.3) is 0 Å². The van der Waals surface area contributed by atoms with Crippen LogP contribution in [0.5, 0.6) is 0 Å². The van der Waals surface area contributed by atoms with Crippen molar-refractivity contribution in [1.82, 2.24) is 0 Å². The van der Waals surface area contributed by atoms with E-state index in [1.165, 1.54) is 38.5 Å². The van der Waals surface area contributed by atoms with Gasteiger partial charge in [-0.15, -0.1) is 0 Å². The van der Waals surface area contributed by atoms with E-state index in [1.54, 1.807) is 0 Å². The average molecular weight is 186 g/mol. The highest BCUT2D eigenvalue weighted by Gasteiger charge is 2.14. The molecule has 78 valence electrons. The van der Waals surface area contributed by atoms with E-state index >= 15 is 0 Å². The van der Waals surface area contributed by atoms with Gasteiger partial charge in [-0.25, -0.2) is 0 Å². The fraction of sp³-hybridized carbons (Fsp3) is 1.00. The first-order valence-corrected chi connectivity index (χ1v) is 5.63. The third-order valence-electron chi connectivity index (χ3n) is 2.53. The van der Waals surface area contributed by atoms with Crippen LogP contribution in [0.2, 0.25) is 0 Å². The number of ether oxygens (including phenoxy) is 2. The van der Waals surface area contributed by atoms with Crippen molar-refractivity contribution in [3.63, 3.8) is 0 Å². The molecule has 0 amide bonds. The topological polar surface area (TPSA) is 18.5 Å². The number of unbranched alkanes of at least 4 members (excludes halogenated alkanes) is 1. The van der Waals surface area contributed by atoms with Crippen LogP contribution < -0.4 is 0 Å². The molecular formula is C11H22O2. The Morgan fingerprint density at radius 1 is 1.08 bits per heavy atom. The van der Waals surface area contributed by atoms with Gasteiger partial charge in [-0.2, -0.15) is 0 Å². The zero-order valence-corrected chi connectivity index (χ0v) is 8.76. The summed E-state index contributed by atoms with van der Waals surface area (Å²) in [6.07, 6.45) is 8.13. The van der Waals surface area contributed by atoms with Crippen LogP contribution in [0, 0.1) is 0 Å². The molecule has 1 aliphatic carbocycles. The number of hydrogen-bond donors (Lipinski definition) is 0. The summed E-state index contributed by atoms with van der Waals surface area (Å²) in [5.74, 6) is 0. The highest BCUT2D eigenvalue weighted by Crippen LogP contribution is 2.20. The first kappa shape index (κ1) is 11.0. The van der Waals surface area contributed by atoms with E-state index in [1.807, 2.05) is 0 Å². The fourth-order valence-electron chi connectivity index (χ4n) is 1.68. The molecule has 1 rings (SSSR count). The molecule has 0 unspecified atom stereocenters. The first-order chi connectivity index (χ1) is 6.43. The van der Waals surface area contributed by atoms with E-state index in [0.717, 1.165) is 19.8 Å². The van der Waals surface area contributed by atoms with Crippen molar-refractivity contribution in [1.29, 1.82) is 0 Å². The van der Waals surface area contributed by atoms with E-state index < -0.39 is 0 Å². The Hall–Kier alpha value is -0.0800. The third-order valence-corrected chi connectivity index (χ3v) is 2.53. The standard InChI is InChI=1S/C11H22O2/c1-2-3-8-12-9-10-13-11-6-4-5-7-11/h11H,2-10H2,1H3. The van der Waals surface area contributed by atoms with E-state index in [0.29, 0.717) is 6.10 Å². The van der Waals surface area contributed by atoms with Gasteiger partial charge in [0, 0.05) is 6.61 Å². The Labute approximate surface area is 81.6 Å². The van der Waals surface area contributed by atoms with Crippen molar-refractivity contribution in [2.45, 2.75) is 51.6 Å². The highest BCUT2D eigenvalue weighted by molar-refractivity contribution is 4.66. The van der Waals surface area contributed by atoms with Gasteiger partial charge in [0.15, 0.2) is 0 Å². The lowest BCUT2D eigenvalue weighted by atomic mass is 10.3. The van der Waals surface area contributed by atoms with Crippen LogP contribution >= 0.6 is 0 Å². The van der Waals surface area contributed by atoms with E-state index in [-0.39, 0.29) is 0 Å². The van der Waals surface area contributed by atoms with Gasteiger partial charge in [0.05, 0.1) is 19.3 Å². The average Bonchev–Trinajstić information content (AvgIpc) is 2.63. The molecule has 0 aromatic carbocycles. The van der Waals surface area contributed by atoms with Crippen LogP contribution in [0.25, 0.3) is 0 Å². The molecule has 0 atom stereocenters. The van der Waals surface area contributed by atoms with Crippen molar-refractivity contribution in [2.24, 2.45) is 0 Å². The number of rotatable bonds is 7. The van der Waals surface area contributed by atoms with Crippen LogP contribution in [0.1, 0.15) is 45.4 Å². The molecule has 0 aromatic heterocycles. The van der Waals surface area contributed by atoms with Gasteiger partial charge in [-0.05, 0) is 19.3 Å². The molecule has 2 heteroatoms. The Morgan fingerprint density at radius 3 is 2.54 bits per heavy atom. The van der Waals surface area contributed by atoms with Crippen molar-refractivity contribution >= 4 is 0 Å². The second kappa shape index (κ2) is 7.34. The Balaban J connectivity index is 1.78. The minimum atomic E-state index is 0.537. The van der Waals surface area contributed by atoms with Crippen LogP contribution in [-0.4, -0.2) is 25.9 Å². The lowest BCUT2D eigenvalue weighted by Gasteiger charge is -2.10. The van der Waals surface area contributed by atoms with Crippen molar-refractivity contribution in [2.75, 3.05) is 19.8 Å². The third kappa shape index (κ3) is 5.27. The molecule has 0 aliphatic heterocycles. The molecule has 0 bridgehead atoms. The summed E-state index contributed by atoms with van der Waals surface area (Å²) in [7, 11) is 0. The van der Waals surface area contributed by atoms with Gasteiger partial charge in [0.2, 0.25) is 0 Å². The maximum Gasteiger partial charge on any atom is 0.0704 e. The summed E-state index contributed by atoms with van der Waals surface area (Å²) in [6, 6.07) is 0. The fourth-order valence-corrected chi connectivity index (χ4v) is 1.68. The minimum absolute atomic E-state index is 0.537. The summed E-state index contributed by atoms with van der Waals surface area (Å²) in [5, 5.41) is 0. The molecule has 1 fully saturated rings. The maximum atomic E-state index is 5.66. The summed E-state index contributed by atoms with van der Waals surface area (Å²) < 4.78 is 11.1. The van der Waals surface area contributed by atoms with Gasteiger partial charge in [-0.1, -0.05) is 26.2 Å². The molecule has 0 radical (unpaired) electrons. The van der Waals surface area contributed by atoms with Gasteiger partial charge in [-0.3, -0.25) is 0 Å². The Morgan fingerprint density at radius 2 is 1.85 bits per heavy atom. The van der Waals surface area contributed by atoms with Crippen LogP contribution in [0.4, 0.5) is 0 Å². The molecule has 0 heterocycles. The molecule has 0 aromatic rings. The van der Waals surface area contributed by atoms with E-state index in [2.05, 4.69) is 6.92 Å². The van der Waals surface area contributed by atoms with Gasteiger partial charge >= 0.3 is 0 Å². The Bertz CT molecular complexity index is 109. The normalized spacial score (nSPS) is 18.2. The van der Waals surface area contributed by atoms with Crippen molar-refractivity contribution in [3.8, 4) is 0 Å². The van der Waals surface area contributed by atoms with Crippen molar-refractivity contribution in [3.05, 3.63) is 0 Å². The molecule has 1 saturated carbocycles. The van der Waals surface area contributed by atoms with Crippen molar-refractivity contribution < 1.29 is 9.47 Å². The molecule has 2 nitrogen and oxygen atoms in total. The summed E-state index contributed by atoms with van der Waals surface area (Å²) in [6.45, 7) is 4.63. The second-order valence-corrected chi connectivity index (χ2v) is 3.74. The molecule has 0 spiro atoms. The molecular weight excluding hydrogens is 164 g/mol. The molecule has 0 saturated heterocycles. The second-order valence-electron chi connectivity index (χ2n) is 3.74. The highest BCUT2D eigenvalue weighted by atomic mass is 16.5. The molecule has 1 aliphatic rings. The summed E-state index contributed by atoms with van der Waals surface area (Å²) in [4.78, 5) is 0. The van der Waals surface area contributed by atoms with E-state index in [4.69, 9.17) is 9.47 Å². The minimum Gasteiger partial charge on any atom is -0.379 e. The van der Waals surface area contributed by atoms with Crippen LogP contribution in [-0.2, 0) is 9.47 Å². The molecule has 0 N–H and O–H groups in total. The number of hydrogen-bond acceptors (Lipinski definition) is 2. The lowest BCUT2D eigenvalue weighted by molar-refractivity contribution is 0.00741. The summed E-state index contributed by atoms with van der Waals surface area (Å²) >= 11 is 0. The lowest BCUT2D eigenvalue weighted by Crippen LogP contribution is -2.12. The summed E-state index contributed by atoms with van der Waals surface area (Å²) in [5.41, 5.74) is 0. The predicted molar refractivity (Wildman–Crippen MR) is 53.9 cm³/mol. The molecule has 13 heavy (non-hydrogen) atoms. The van der Waals surface area contributed by atoms with Crippen LogP contribution in [0.15, 0.2) is 0 Å². The Kier molecular flexibility index (Phi) is 6.21. The predicted octanol–water partition coefficient (Wildman–Crippen LogP) is 2.76. The quantitative estimate of drug-likeness (QED) is 0.569. The largest absolute Gasteiger partial charge is 0.379 e. The SMILES string of the molecule is CCCCOCCOC1CCCC1.